The van der Waals surface area contributed by atoms with Crippen LogP contribution in [-0.4, -0.2) is 17.5 Å². The molecule has 1 rings (SSSR count). The van der Waals surface area contributed by atoms with Crippen molar-refractivity contribution in [2.45, 2.75) is 72.5 Å². The monoisotopic (exact) mass is 226 g/mol. The summed E-state index contributed by atoms with van der Waals surface area (Å²) in [7, 11) is 0. The Balaban J connectivity index is 2.66. The van der Waals surface area contributed by atoms with E-state index in [1.165, 1.54) is 12.8 Å². The van der Waals surface area contributed by atoms with Crippen LogP contribution in [-0.2, 0) is 9.53 Å². The van der Waals surface area contributed by atoms with E-state index in [2.05, 4.69) is 0 Å². The molecule has 2 nitrogen and oxygen atoms in total. The minimum Gasteiger partial charge on any atom is -0.365 e. The van der Waals surface area contributed by atoms with Crippen LogP contribution in [0.4, 0.5) is 0 Å². The molecule has 0 spiro atoms. The largest absolute Gasteiger partial charge is 0.365 e. The van der Waals surface area contributed by atoms with E-state index in [0.29, 0.717) is 0 Å². The molecule has 1 atom stereocenters. The molecule has 0 bridgehead atoms. The van der Waals surface area contributed by atoms with Crippen LogP contribution >= 0.6 is 0 Å². The lowest BCUT2D eigenvalue weighted by atomic mass is 9.85. The number of rotatable bonds is 4. The molecule has 0 N–H and O–H groups in total. The van der Waals surface area contributed by atoms with E-state index in [1.807, 2.05) is 41.5 Å². The van der Waals surface area contributed by atoms with Crippen LogP contribution in [0.5, 0.6) is 0 Å². The van der Waals surface area contributed by atoms with Crippen molar-refractivity contribution in [3.63, 3.8) is 0 Å². The van der Waals surface area contributed by atoms with Crippen molar-refractivity contribution in [2.75, 3.05) is 0 Å². The summed E-state index contributed by atoms with van der Waals surface area (Å²) in [6, 6.07) is 0. The molecule has 1 aliphatic rings. The van der Waals surface area contributed by atoms with Crippen molar-refractivity contribution >= 4 is 5.78 Å². The molecule has 0 aromatic rings. The first-order valence-electron chi connectivity index (χ1n) is 6.32. The van der Waals surface area contributed by atoms with Crippen molar-refractivity contribution in [2.24, 2.45) is 11.3 Å². The molecule has 0 amide bonds. The van der Waals surface area contributed by atoms with E-state index in [9.17, 15) is 4.79 Å². The van der Waals surface area contributed by atoms with E-state index in [4.69, 9.17) is 4.74 Å². The number of hydrogen-bond donors (Lipinski definition) is 0. The van der Waals surface area contributed by atoms with Crippen LogP contribution in [0.3, 0.4) is 0 Å². The van der Waals surface area contributed by atoms with Gasteiger partial charge in [0.15, 0.2) is 5.78 Å². The summed E-state index contributed by atoms with van der Waals surface area (Å²) in [4.78, 5) is 12.3. The predicted octanol–water partition coefficient (Wildman–Crippen LogP) is 3.59. The van der Waals surface area contributed by atoms with Gasteiger partial charge in [-0.25, -0.2) is 0 Å². The van der Waals surface area contributed by atoms with Gasteiger partial charge >= 0.3 is 0 Å². The van der Waals surface area contributed by atoms with E-state index < -0.39 is 0 Å². The van der Waals surface area contributed by atoms with Crippen molar-refractivity contribution < 1.29 is 9.53 Å². The van der Waals surface area contributed by atoms with E-state index >= 15 is 0 Å². The summed E-state index contributed by atoms with van der Waals surface area (Å²) < 4.78 is 5.93. The van der Waals surface area contributed by atoms with Crippen LogP contribution in [0, 0.1) is 11.3 Å². The number of carbonyl (C=O) groups excluding carboxylic acids is 1. The van der Waals surface area contributed by atoms with E-state index in [0.717, 1.165) is 12.3 Å². The Labute approximate surface area is 99.8 Å². The van der Waals surface area contributed by atoms with Crippen LogP contribution < -0.4 is 0 Å². The second-order valence-electron chi connectivity index (χ2n) is 7.01. The third kappa shape index (κ3) is 4.65. The number of ketones is 1. The summed E-state index contributed by atoms with van der Waals surface area (Å²) in [6.45, 7) is 12.0. The van der Waals surface area contributed by atoms with Crippen LogP contribution in [0.25, 0.3) is 0 Å². The predicted molar refractivity (Wildman–Crippen MR) is 66.4 cm³/mol. The minimum atomic E-state index is -0.301. The smallest absolute Gasteiger partial charge is 0.166 e. The van der Waals surface area contributed by atoms with Gasteiger partial charge in [0.05, 0.1) is 5.60 Å². The SMILES string of the molecule is CC(C)(C)OC(CC1CC1)C(=O)C(C)(C)C. The maximum Gasteiger partial charge on any atom is 0.166 e. The molecule has 1 aliphatic carbocycles. The van der Waals surface area contributed by atoms with Crippen LogP contribution in [0.15, 0.2) is 0 Å². The molecule has 1 saturated carbocycles. The van der Waals surface area contributed by atoms with Gasteiger partial charge in [-0.05, 0) is 33.1 Å². The van der Waals surface area contributed by atoms with Gasteiger partial charge in [0.25, 0.3) is 0 Å². The standard InChI is InChI=1S/C14H26O2/c1-13(2,3)12(15)11(9-10-7-8-10)16-14(4,5)6/h10-11H,7-9H2,1-6H3. The highest BCUT2D eigenvalue weighted by atomic mass is 16.5. The van der Waals surface area contributed by atoms with Gasteiger partial charge in [-0.1, -0.05) is 33.6 Å². The number of ether oxygens (including phenoxy) is 1. The van der Waals surface area contributed by atoms with Crippen LogP contribution in [0.1, 0.15) is 60.8 Å². The van der Waals surface area contributed by atoms with Crippen molar-refractivity contribution in [3.05, 3.63) is 0 Å². The number of hydrogen-bond acceptors (Lipinski definition) is 2. The molecule has 94 valence electrons. The average Bonchev–Trinajstić information content (AvgIpc) is 2.81. The fourth-order valence-corrected chi connectivity index (χ4v) is 1.77. The van der Waals surface area contributed by atoms with Gasteiger partial charge in [-0.3, -0.25) is 4.79 Å². The van der Waals surface area contributed by atoms with E-state index in [-0.39, 0.29) is 22.9 Å². The molecule has 0 saturated heterocycles. The summed E-state index contributed by atoms with van der Waals surface area (Å²) in [5.74, 6) is 0.966. The Hall–Kier alpha value is -0.370. The normalized spacial score (nSPS) is 19.6. The number of carbonyl (C=O) groups is 1. The average molecular weight is 226 g/mol. The first kappa shape index (κ1) is 13.7. The quantitative estimate of drug-likeness (QED) is 0.732. The first-order chi connectivity index (χ1) is 7.09. The van der Waals surface area contributed by atoms with Crippen molar-refractivity contribution in [3.8, 4) is 0 Å². The third-order valence-corrected chi connectivity index (χ3v) is 2.77. The second-order valence-corrected chi connectivity index (χ2v) is 7.01. The van der Waals surface area contributed by atoms with Crippen molar-refractivity contribution in [1.29, 1.82) is 0 Å². The zero-order chi connectivity index (χ0) is 12.6. The molecule has 1 fully saturated rings. The topological polar surface area (TPSA) is 26.3 Å². The van der Waals surface area contributed by atoms with Crippen LogP contribution in [0.2, 0.25) is 0 Å². The Morgan fingerprint density at radius 1 is 1.19 bits per heavy atom. The van der Waals surface area contributed by atoms with Gasteiger partial charge < -0.3 is 4.74 Å². The molecule has 16 heavy (non-hydrogen) atoms. The van der Waals surface area contributed by atoms with Gasteiger partial charge in [-0.2, -0.15) is 0 Å². The second kappa shape index (κ2) is 4.48. The summed E-state index contributed by atoms with van der Waals surface area (Å²) in [6.07, 6.45) is 3.23. The van der Waals surface area contributed by atoms with Gasteiger partial charge in [0.2, 0.25) is 0 Å². The lowest BCUT2D eigenvalue weighted by molar-refractivity contribution is -0.149. The molecule has 0 aromatic carbocycles. The molecular weight excluding hydrogens is 200 g/mol. The molecule has 0 aliphatic heterocycles. The third-order valence-electron chi connectivity index (χ3n) is 2.77. The maximum atomic E-state index is 12.3. The summed E-state index contributed by atoms with van der Waals surface area (Å²) >= 11 is 0. The molecule has 1 unspecified atom stereocenters. The lowest BCUT2D eigenvalue weighted by Gasteiger charge is -2.31. The summed E-state index contributed by atoms with van der Waals surface area (Å²) in [5.41, 5.74) is -0.536. The Morgan fingerprint density at radius 2 is 1.69 bits per heavy atom. The first-order valence-corrected chi connectivity index (χ1v) is 6.32. The van der Waals surface area contributed by atoms with Gasteiger partial charge in [-0.15, -0.1) is 0 Å². The molecule has 0 radical (unpaired) electrons. The zero-order valence-electron chi connectivity index (χ0n) is 11.6. The highest BCUT2D eigenvalue weighted by Gasteiger charge is 2.37. The molecule has 2 heteroatoms. The number of Topliss-reactive ketones (excluding diaryl/α,β-unsaturated/α-hetero) is 1. The highest BCUT2D eigenvalue weighted by Crippen LogP contribution is 2.37. The zero-order valence-corrected chi connectivity index (χ0v) is 11.6. The lowest BCUT2D eigenvalue weighted by Crippen LogP contribution is -2.39. The Bertz CT molecular complexity index is 251. The Kier molecular flexibility index (Phi) is 3.83. The van der Waals surface area contributed by atoms with Gasteiger partial charge in [0, 0.05) is 5.41 Å². The Morgan fingerprint density at radius 3 is 2.00 bits per heavy atom. The summed E-state index contributed by atoms with van der Waals surface area (Å²) in [5, 5.41) is 0. The molecule has 0 aromatic heterocycles. The fourth-order valence-electron chi connectivity index (χ4n) is 1.77. The highest BCUT2D eigenvalue weighted by molar-refractivity contribution is 5.87. The van der Waals surface area contributed by atoms with Crippen molar-refractivity contribution in [1.82, 2.24) is 0 Å². The van der Waals surface area contributed by atoms with E-state index in [1.54, 1.807) is 0 Å². The molecular formula is C14H26O2. The maximum absolute atomic E-state index is 12.3. The molecule has 0 heterocycles. The van der Waals surface area contributed by atoms with Gasteiger partial charge in [0.1, 0.15) is 6.10 Å². The minimum absolute atomic E-state index is 0.215. The fraction of sp³-hybridized carbons (Fsp3) is 0.929.